The van der Waals surface area contributed by atoms with Crippen molar-refractivity contribution in [1.82, 2.24) is 0 Å². The van der Waals surface area contributed by atoms with Crippen LogP contribution < -0.4 is 63.7 Å². The molecule has 12 rings (SSSR count). The summed E-state index contributed by atoms with van der Waals surface area (Å²) in [7, 11) is 59.5. The van der Waals surface area contributed by atoms with Gasteiger partial charge in [-0.3, -0.25) is 0 Å². The van der Waals surface area contributed by atoms with E-state index < -0.39 is 102 Å². The average molecular weight is 2310 g/mol. The molecule has 6 nitrogen and oxygen atoms in total. The average Bonchev–Trinajstić information content (AvgIpc) is 0.796. The van der Waals surface area contributed by atoms with Gasteiger partial charge < -0.3 is 30.6 Å². The van der Waals surface area contributed by atoms with E-state index >= 15 is 0 Å². The van der Waals surface area contributed by atoms with Gasteiger partial charge in [-0.25, -0.2) is 26.3 Å². The minimum atomic E-state index is -0.556. The van der Waals surface area contributed by atoms with E-state index in [-0.39, 0.29) is 126 Å². The maximum absolute atomic E-state index is 14.0. The second-order valence-corrected chi connectivity index (χ2v) is 52.9. The summed E-state index contributed by atoms with van der Waals surface area (Å²) in [6.07, 6.45) is 0. The fourth-order valence-electron chi connectivity index (χ4n) is 11.4. The molecule has 0 amide bonds. The third kappa shape index (κ3) is 46.0. The molecule has 684 valence electrons. The molecule has 0 saturated carbocycles. The van der Waals surface area contributed by atoms with Gasteiger partial charge in [0.15, 0.2) is 0 Å². The number of benzene rings is 12. The molecule has 0 spiro atoms. The molecule has 36 heteroatoms. The van der Waals surface area contributed by atoms with E-state index in [1.807, 2.05) is 198 Å². The molecule has 0 radical (unpaired) electrons. The second kappa shape index (κ2) is 67.6. The molecule has 0 saturated heterocycles. The van der Waals surface area contributed by atoms with Crippen LogP contribution in [-0.4, -0.2) is 30.6 Å². The molecule has 6 atom stereocenters. The quantitative estimate of drug-likeness (QED) is 0.0412. The van der Waals surface area contributed by atoms with Gasteiger partial charge in [0.05, 0.1) is 0 Å². The zero-order valence-electron chi connectivity index (χ0n) is 73.1. The Hall–Kier alpha value is -0.634. The molecule has 12 aromatic carbocycles. The van der Waals surface area contributed by atoms with E-state index in [0.29, 0.717) is 37.6 Å². The van der Waals surface area contributed by atoms with Crippen LogP contribution in [0.4, 0.5) is 26.3 Å². The number of rotatable bonds is 12. The Morgan fingerprint density at radius 3 is 0.805 bits per heavy atom. The van der Waals surface area contributed by atoms with Gasteiger partial charge in [-0.1, -0.05) is 232 Å². The summed E-state index contributed by atoms with van der Waals surface area (Å²) in [6.45, 7) is 35.6. The number of para-hydroxylation sites is 2. The van der Waals surface area contributed by atoms with Crippen LogP contribution in [0.25, 0.3) is 0 Å². The van der Waals surface area contributed by atoms with Crippen LogP contribution >= 0.6 is 163 Å². The van der Waals surface area contributed by atoms with Crippen molar-refractivity contribution < 1.29 is 159 Å². The topological polar surface area (TPSA) is 121 Å². The van der Waals surface area contributed by atoms with Gasteiger partial charge in [0.2, 0.25) is 0 Å². The molecular weight excluding hydrogens is 2210 g/mol. The normalized spacial score (nSPS) is 10.7. The van der Waals surface area contributed by atoms with Crippen molar-refractivity contribution in [3.8, 4) is 34.5 Å². The molecule has 0 aliphatic rings. The van der Waals surface area contributed by atoms with Crippen LogP contribution in [0.15, 0.2) is 206 Å². The summed E-state index contributed by atoms with van der Waals surface area (Å²) in [5, 5.41) is 69.1. The third-order valence-corrected chi connectivity index (χ3v) is 27.1. The SMILES string of the molecule is Cc1cc(C(C)(C)C)cc(Pc2c(C)cccc2F)c1O.Cc1cc(C)c(O)c(Pc2c(C)cccc2F)c1.Cc1cc(Pc2c(C)cccc2F)c(O)c(C(C)(C)C)c1.Cc1ccc(O)c(Pc2c(C)cccc2F)c1.Cc1cccc(F)c1Pc1ccccc1O.Cc1cccc(Pc2c(C)cccc2F)c1O.[Cl][Ti][Cl].[Cl][Ti][Cl].[Cl][Ti][Cl].[Cl][Ti][Cl].[Cl][Ti][Cl].[Cl][Ti][Cl]. The van der Waals surface area contributed by atoms with Crippen LogP contribution in [0.3, 0.4) is 0 Å². The summed E-state index contributed by atoms with van der Waals surface area (Å²) in [5.41, 5.74) is 13.2. The zero-order valence-corrected chi connectivity index (χ0v) is 97.6. The molecule has 0 bridgehead atoms. The van der Waals surface area contributed by atoms with Gasteiger partial charge in [-0.15, -0.1) is 0 Å². The van der Waals surface area contributed by atoms with E-state index in [0.717, 1.165) is 110 Å². The third-order valence-electron chi connectivity index (χ3n) is 17.9. The van der Waals surface area contributed by atoms with Crippen molar-refractivity contribution in [2.45, 2.75) is 135 Å². The van der Waals surface area contributed by atoms with Gasteiger partial charge in [-0.2, -0.15) is 0 Å². The van der Waals surface area contributed by atoms with Gasteiger partial charge in [0, 0.05) is 69.2 Å². The Labute approximate surface area is 863 Å². The zero-order chi connectivity index (χ0) is 97.5. The molecule has 6 N–H and O–H groups in total. The minimum absolute atomic E-state index is 0.00195. The standard InChI is InChI=1S/2C18H22FOP.C15H16FOP.2C14H14FOP.C13H12FOP.12ClH.6Ti/c1-11-9-13(18(3,4)5)16(20)15(10-11)21-17-12(2)7-6-8-14(17)19;1-11-7-6-8-14(19)17(11)21-15-10-13(18(3,4)5)9-12(2)16(15)20;1-9-7-11(3)14(17)13(8-9)18-15-10(2)5-4-6-12(15)16;1-9-5-4-8-12(13(9)16)17-14-10(2)6-3-7-11(14)15;1-9-6-7-12(16)13(8-9)17-14-10(2)4-3-5-11(14)15;1-9-5-4-6-10(14)13(9)16-12-8-3-2-7-11(12)15;;;;;;;;;;;;;;;;;;/h2*6-10,20-21H,1-5H3;4-8,17-18H,1-3H3;2*3-8,16-17H,1-2H3;2-8,15-16H,1H3;12*1H;;;;;;/q;;;;;;;;;;;;;;;;;;6*+2/p-12. The number of halogens is 18. The first-order valence-electron chi connectivity index (χ1n) is 38.0. The Kier molecular flexibility index (Phi) is 66.2. The fourth-order valence-corrected chi connectivity index (χ4v) is 19.1. The molecule has 0 aromatic heterocycles. The second-order valence-electron chi connectivity index (χ2n) is 29.7. The summed E-state index contributed by atoms with van der Waals surface area (Å²) in [6, 6.07) is 60.3. The van der Waals surface area contributed by atoms with Gasteiger partial charge in [0.1, 0.15) is 69.4 Å². The molecule has 6 unspecified atom stereocenters. The van der Waals surface area contributed by atoms with E-state index in [1.165, 1.54) is 36.4 Å². The predicted octanol–water partition coefficient (Wildman–Crippen LogP) is 27.5. The van der Waals surface area contributed by atoms with E-state index in [2.05, 4.69) is 41.5 Å². The van der Waals surface area contributed by atoms with E-state index in [4.69, 9.17) is 112 Å². The fraction of sp³-hybridized carbons (Fsp3) is 0.217. The number of hydrogen-bond acceptors (Lipinski definition) is 6. The number of hydrogen-bond donors (Lipinski definition) is 6. The number of aromatic hydroxyl groups is 6. The van der Waals surface area contributed by atoms with Crippen LogP contribution in [0, 0.1) is 118 Å². The summed E-state index contributed by atoms with van der Waals surface area (Å²) in [4.78, 5) is 0. The summed E-state index contributed by atoms with van der Waals surface area (Å²) >= 11 is -3.33. The summed E-state index contributed by atoms with van der Waals surface area (Å²) in [5.74, 6) is 0.369. The Morgan fingerprint density at radius 2 is 0.477 bits per heavy atom. The molecule has 0 aliphatic heterocycles. The van der Waals surface area contributed by atoms with Crippen molar-refractivity contribution in [1.29, 1.82) is 0 Å². The van der Waals surface area contributed by atoms with Crippen molar-refractivity contribution >= 4 is 227 Å². The van der Waals surface area contributed by atoms with Gasteiger partial charge >= 0.3 is 214 Å². The first-order valence-corrected chi connectivity index (χ1v) is 69.8. The van der Waals surface area contributed by atoms with Crippen molar-refractivity contribution in [3.63, 3.8) is 0 Å². The first-order chi connectivity index (χ1) is 60.2. The molecular formula is C92H100Cl12F6O6P6Ti6. The number of aryl methyl sites for hydroxylation is 12. The predicted molar refractivity (Wildman–Crippen MR) is 537 cm³/mol. The van der Waals surface area contributed by atoms with Gasteiger partial charge in [-0.05, 0) is 233 Å². The van der Waals surface area contributed by atoms with Crippen molar-refractivity contribution in [2.24, 2.45) is 0 Å². The molecule has 0 fully saturated rings. The Morgan fingerprint density at radius 1 is 0.227 bits per heavy atom. The maximum atomic E-state index is 14.0. The van der Waals surface area contributed by atoms with Crippen molar-refractivity contribution in [3.05, 3.63) is 319 Å². The molecule has 128 heavy (non-hydrogen) atoms. The molecule has 0 aliphatic carbocycles. The number of phenols is 6. The van der Waals surface area contributed by atoms with Crippen molar-refractivity contribution in [2.75, 3.05) is 0 Å². The van der Waals surface area contributed by atoms with Crippen LogP contribution in [0.5, 0.6) is 34.5 Å². The molecule has 12 aromatic rings. The number of phenolic OH excluding ortho intramolecular Hbond substituents is 6. The molecule has 0 heterocycles. The van der Waals surface area contributed by atoms with E-state index in [9.17, 15) is 57.0 Å². The first kappa shape index (κ1) is 125. The van der Waals surface area contributed by atoms with Crippen LogP contribution in [0.1, 0.15) is 119 Å². The van der Waals surface area contributed by atoms with Crippen LogP contribution in [0.2, 0.25) is 0 Å². The Balaban J connectivity index is 0.000000740. The van der Waals surface area contributed by atoms with Crippen LogP contribution in [-0.2, 0) is 113 Å². The summed E-state index contributed by atoms with van der Waals surface area (Å²) < 4.78 is 82.8. The van der Waals surface area contributed by atoms with E-state index in [1.54, 1.807) is 54.6 Å². The monoisotopic (exact) mass is 2310 g/mol. The van der Waals surface area contributed by atoms with Gasteiger partial charge in [0.25, 0.3) is 0 Å². The Bertz CT molecular complexity index is 5180.